The molecular formula is C20H27NO2S. The van der Waals surface area contributed by atoms with Gasteiger partial charge >= 0.3 is 0 Å². The number of hydrogen-bond donors (Lipinski definition) is 0. The topological polar surface area (TPSA) is 37.4 Å². The molecule has 1 aromatic rings. The number of amides is 2. The molecule has 1 aliphatic heterocycles. The summed E-state index contributed by atoms with van der Waals surface area (Å²) in [6.45, 7) is 2.84. The lowest BCUT2D eigenvalue weighted by molar-refractivity contribution is 0.0612. The van der Waals surface area contributed by atoms with Crippen LogP contribution in [-0.2, 0) is 0 Å². The monoisotopic (exact) mass is 345 g/mol. The molecule has 2 amide bonds. The molecule has 1 aliphatic carbocycles. The van der Waals surface area contributed by atoms with Gasteiger partial charge in [-0.15, -0.1) is 0 Å². The van der Waals surface area contributed by atoms with E-state index in [-0.39, 0.29) is 11.8 Å². The lowest BCUT2D eigenvalue weighted by Gasteiger charge is -2.30. The van der Waals surface area contributed by atoms with Gasteiger partial charge in [-0.2, -0.15) is 11.8 Å². The minimum atomic E-state index is -0.104. The number of thioether (sulfide) groups is 1. The number of hydrogen-bond acceptors (Lipinski definition) is 3. The summed E-state index contributed by atoms with van der Waals surface area (Å²) in [4.78, 5) is 26.4. The molecule has 0 aromatic heterocycles. The molecule has 24 heavy (non-hydrogen) atoms. The van der Waals surface area contributed by atoms with Crippen LogP contribution in [0.1, 0.15) is 66.2 Å². The van der Waals surface area contributed by atoms with E-state index in [9.17, 15) is 9.59 Å². The quantitative estimate of drug-likeness (QED) is 0.534. The summed E-state index contributed by atoms with van der Waals surface area (Å²) < 4.78 is 0. The number of fused-ring (bicyclic) bond motifs is 1. The number of nitrogens with zero attached hydrogens (tertiary/aromatic N) is 1. The first-order valence-corrected chi connectivity index (χ1v) is 10.4. The maximum Gasteiger partial charge on any atom is 0.261 e. The van der Waals surface area contributed by atoms with Gasteiger partial charge in [-0.3, -0.25) is 14.5 Å². The van der Waals surface area contributed by atoms with E-state index < -0.39 is 0 Å². The zero-order valence-corrected chi connectivity index (χ0v) is 15.3. The highest BCUT2D eigenvalue weighted by atomic mass is 32.2. The summed E-state index contributed by atoms with van der Waals surface area (Å²) in [5, 5.41) is 0. The predicted molar refractivity (Wildman–Crippen MR) is 99.5 cm³/mol. The van der Waals surface area contributed by atoms with E-state index in [0.29, 0.717) is 23.6 Å². The molecule has 1 fully saturated rings. The molecule has 0 unspecified atom stereocenters. The van der Waals surface area contributed by atoms with Crippen LogP contribution in [0.2, 0.25) is 0 Å². The molecule has 1 aromatic carbocycles. The van der Waals surface area contributed by atoms with Crippen LogP contribution in [0.15, 0.2) is 24.3 Å². The maximum absolute atomic E-state index is 12.4. The molecular weight excluding hydrogens is 318 g/mol. The van der Waals surface area contributed by atoms with Gasteiger partial charge in [0.05, 0.1) is 11.1 Å². The fraction of sp³-hybridized carbons (Fsp3) is 0.600. The second-order valence-corrected chi connectivity index (χ2v) is 8.23. The van der Waals surface area contributed by atoms with E-state index in [2.05, 4.69) is 18.7 Å². The number of carbonyl (C=O) groups excluding carboxylic acids is 2. The zero-order chi connectivity index (χ0) is 16.9. The highest BCUT2D eigenvalue weighted by Gasteiger charge is 2.36. The molecule has 4 heteroatoms. The van der Waals surface area contributed by atoms with E-state index in [0.717, 1.165) is 18.8 Å². The Kier molecular flexibility index (Phi) is 5.99. The van der Waals surface area contributed by atoms with Crippen molar-refractivity contribution in [2.75, 3.05) is 18.1 Å². The average Bonchev–Trinajstić information content (AvgIpc) is 2.85. The van der Waals surface area contributed by atoms with Crippen molar-refractivity contribution in [3.8, 4) is 0 Å². The van der Waals surface area contributed by atoms with E-state index in [1.165, 1.54) is 42.1 Å². The number of carbonyl (C=O) groups is 2. The van der Waals surface area contributed by atoms with Crippen molar-refractivity contribution in [1.29, 1.82) is 0 Å². The summed E-state index contributed by atoms with van der Waals surface area (Å²) in [5.41, 5.74) is 1.15. The van der Waals surface area contributed by atoms with Crippen molar-refractivity contribution < 1.29 is 9.59 Å². The SMILES string of the molecule is CCCCSCC1CCC(CN2C(=O)c3ccccc3C2=O)CC1. The third-order valence-corrected chi connectivity index (χ3v) is 6.57. The fourth-order valence-corrected chi connectivity index (χ4v) is 5.07. The second kappa shape index (κ2) is 8.19. The third kappa shape index (κ3) is 3.85. The molecule has 0 atom stereocenters. The first-order chi connectivity index (χ1) is 11.7. The zero-order valence-electron chi connectivity index (χ0n) is 14.5. The van der Waals surface area contributed by atoms with Crippen molar-refractivity contribution in [2.45, 2.75) is 45.4 Å². The van der Waals surface area contributed by atoms with E-state index in [1.807, 2.05) is 12.1 Å². The van der Waals surface area contributed by atoms with Gasteiger partial charge < -0.3 is 0 Å². The Morgan fingerprint density at radius 1 is 1.00 bits per heavy atom. The second-order valence-electron chi connectivity index (χ2n) is 7.08. The Labute approximate surface area is 149 Å². The van der Waals surface area contributed by atoms with Gasteiger partial charge in [-0.1, -0.05) is 25.5 Å². The van der Waals surface area contributed by atoms with Crippen LogP contribution in [-0.4, -0.2) is 34.8 Å². The molecule has 3 rings (SSSR count). The van der Waals surface area contributed by atoms with Gasteiger partial charge in [0.2, 0.25) is 0 Å². The van der Waals surface area contributed by atoms with Crippen LogP contribution in [0.25, 0.3) is 0 Å². The summed E-state index contributed by atoms with van der Waals surface area (Å²) >= 11 is 2.09. The van der Waals surface area contributed by atoms with Gasteiger partial charge in [0.15, 0.2) is 0 Å². The van der Waals surface area contributed by atoms with Gasteiger partial charge in [-0.25, -0.2) is 0 Å². The van der Waals surface area contributed by atoms with Gasteiger partial charge in [0, 0.05) is 6.54 Å². The summed E-state index contributed by atoms with van der Waals surface area (Å²) in [7, 11) is 0. The first kappa shape index (κ1) is 17.5. The number of rotatable bonds is 7. The van der Waals surface area contributed by atoms with Crippen LogP contribution >= 0.6 is 11.8 Å². The molecule has 0 spiro atoms. The summed E-state index contributed by atoms with van der Waals surface area (Å²) in [6.07, 6.45) is 7.37. The first-order valence-electron chi connectivity index (χ1n) is 9.23. The highest BCUT2D eigenvalue weighted by molar-refractivity contribution is 7.99. The molecule has 130 valence electrons. The van der Waals surface area contributed by atoms with Crippen molar-refractivity contribution in [1.82, 2.24) is 4.90 Å². The molecule has 0 N–H and O–H groups in total. The summed E-state index contributed by atoms with van der Waals surface area (Å²) in [6, 6.07) is 7.18. The Hall–Kier alpha value is -1.29. The van der Waals surface area contributed by atoms with Crippen molar-refractivity contribution in [2.24, 2.45) is 11.8 Å². The van der Waals surface area contributed by atoms with Gasteiger partial charge in [-0.05, 0) is 67.6 Å². The van der Waals surface area contributed by atoms with Crippen LogP contribution in [0.3, 0.4) is 0 Å². The smallest absolute Gasteiger partial charge is 0.261 e. The van der Waals surface area contributed by atoms with E-state index >= 15 is 0 Å². The number of unbranched alkanes of at least 4 members (excludes halogenated alkanes) is 1. The Morgan fingerprint density at radius 3 is 2.17 bits per heavy atom. The van der Waals surface area contributed by atoms with Crippen molar-refractivity contribution >= 4 is 23.6 Å². The minimum absolute atomic E-state index is 0.104. The number of benzene rings is 1. The lowest BCUT2D eigenvalue weighted by atomic mass is 9.82. The molecule has 3 nitrogen and oxygen atoms in total. The Morgan fingerprint density at radius 2 is 1.58 bits per heavy atom. The van der Waals surface area contributed by atoms with E-state index in [1.54, 1.807) is 12.1 Å². The minimum Gasteiger partial charge on any atom is -0.274 e. The van der Waals surface area contributed by atoms with Gasteiger partial charge in [0.25, 0.3) is 11.8 Å². The highest BCUT2D eigenvalue weighted by Crippen LogP contribution is 2.33. The van der Waals surface area contributed by atoms with Crippen molar-refractivity contribution in [3.63, 3.8) is 0 Å². The molecule has 2 aliphatic rings. The molecule has 0 bridgehead atoms. The predicted octanol–water partition coefficient (Wildman–Crippen LogP) is 4.62. The molecule has 0 saturated heterocycles. The van der Waals surface area contributed by atoms with Crippen LogP contribution in [0.5, 0.6) is 0 Å². The van der Waals surface area contributed by atoms with Crippen molar-refractivity contribution in [3.05, 3.63) is 35.4 Å². The van der Waals surface area contributed by atoms with E-state index in [4.69, 9.17) is 0 Å². The standard InChI is InChI=1S/C20H27NO2S/c1-2-3-12-24-14-16-10-8-15(9-11-16)13-21-19(22)17-6-4-5-7-18(17)20(21)23/h4-7,15-16H,2-3,8-14H2,1H3. The van der Waals surface area contributed by atoms with Gasteiger partial charge in [0.1, 0.15) is 0 Å². The van der Waals surface area contributed by atoms with Crippen LogP contribution < -0.4 is 0 Å². The lowest BCUT2D eigenvalue weighted by Crippen LogP contribution is -2.36. The largest absolute Gasteiger partial charge is 0.274 e. The van der Waals surface area contributed by atoms with Crippen LogP contribution in [0, 0.1) is 11.8 Å². The Balaban J connectivity index is 1.47. The molecule has 0 radical (unpaired) electrons. The normalized spacial score (nSPS) is 23.6. The number of imide groups is 1. The third-order valence-electron chi connectivity index (χ3n) is 5.28. The fourth-order valence-electron chi connectivity index (χ4n) is 3.74. The molecule has 1 heterocycles. The average molecular weight is 346 g/mol. The Bertz CT molecular complexity index is 558. The maximum atomic E-state index is 12.4. The summed E-state index contributed by atoms with van der Waals surface area (Å²) in [5.74, 6) is 3.65. The van der Waals surface area contributed by atoms with Crippen LogP contribution in [0.4, 0.5) is 0 Å². The molecule has 1 saturated carbocycles.